The third-order valence-electron chi connectivity index (χ3n) is 3.81. The van der Waals surface area contributed by atoms with Gasteiger partial charge in [-0.1, -0.05) is 6.92 Å². The van der Waals surface area contributed by atoms with Gasteiger partial charge in [0, 0.05) is 29.1 Å². The van der Waals surface area contributed by atoms with E-state index >= 15 is 0 Å². The van der Waals surface area contributed by atoms with Crippen LogP contribution in [0.3, 0.4) is 0 Å². The van der Waals surface area contributed by atoms with E-state index in [0.29, 0.717) is 11.4 Å². The standard InChI is InChI=1S/C16H17F2N3/c1-2-19-14-4-3-5-15-11(14)9-20-16(21-15)10-6-7-12(17)13(18)8-10/h6-9,14,19H,2-5H2,1H3. The summed E-state index contributed by atoms with van der Waals surface area (Å²) in [5.74, 6) is -1.28. The Kier molecular flexibility index (Phi) is 3.92. The smallest absolute Gasteiger partial charge is 0.159 e. The average molecular weight is 289 g/mol. The molecule has 0 fully saturated rings. The van der Waals surface area contributed by atoms with Crippen molar-refractivity contribution in [3.63, 3.8) is 0 Å². The van der Waals surface area contributed by atoms with E-state index in [0.717, 1.165) is 49.2 Å². The van der Waals surface area contributed by atoms with Crippen LogP contribution in [0.25, 0.3) is 11.4 Å². The van der Waals surface area contributed by atoms with Gasteiger partial charge in [0.2, 0.25) is 0 Å². The SMILES string of the molecule is CCNC1CCCc2nc(-c3ccc(F)c(F)c3)ncc21. The molecule has 1 N–H and O–H groups in total. The highest BCUT2D eigenvalue weighted by atomic mass is 19.2. The second-order valence-corrected chi connectivity index (χ2v) is 5.23. The summed E-state index contributed by atoms with van der Waals surface area (Å²) in [6.07, 6.45) is 4.86. The summed E-state index contributed by atoms with van der Waals surface area (Å²) in [4.78, 5) is 8.87. The fraction of sp³-hybridized carbons (Fsp3) is 0.375. The van der Waals surface area contributed by atoms with Crippen LogP contribution in [0.4, 0.5) is 8.78 Å². The number of fused-ring (bicyclic) bond motifs is 1. The number of nitrogens with one attached hydrogen (secondary N) is 1. The van der Waals surface area contributed by atoms with E-state index in [4.69, 9.17) is 0 Å². The Morgan fingerprint density at radius 3 is 2.90 bits per heavy atom. The molecule has 1 aliphatic rings. The van der Waals surface area contributed by atoms with Gasteiger partial charge in [-0.2, -0.15) is 0 Å². The molecule has 1 unspecified atom stereocenters. The zero-order chi connectivity index (χ0) is 14.8. The highest BCUT2D eigenvalue weighted by Gasteiger charge is 2.21. The largest absolute Gasteiger partial charge is 0.310 e. The third-order valence-corrected chi connectivity index (χ3v) is 3.81. The molecule has 1 aromatic carbocycles. The van der Waals surface area contributed by atoms with Crippen molar-refractivity contribution in [2.24, 2.45) is 0 Å². The summed E-state index contributed by atoms with van der Waals surface area (Å²) in [7, 11) is 0. The van der Waals surface area contributed by atoms with E-state index in [1.54, 1.807) is 0 Å². The van der Waals surface area contributed by atoms with Gasteiger partial charge in [-0.05, 0) is 44.0 Å². The fourth-order valence-electron chi connectivity index (χ4n) is 2.78. The van der Waals surface area contributed by atoms with Crippen molar-refractivity contribution in [1.82, 2.24) is 15.3 Å². The quantitative estimate of drug-likeness (QED) is 0.941. The summed E-state index contributed by atoms with van der Waals surface area (Å²) in [5.41, 5.74) is 2.62. The highest BCUT2D eigenvalue weighted by Crippen LogP contribution is 2.29. The van der Waals surface area contributed by atoms with Gasteiger partial charge in [-0.25, -0.2) is 18.7 Å². The molecule has 5 heteroatoms. The Balaban J connectivity index is 1.97. The fourth-order valence-corrected chi connectivity index (χ4v) is 2.78. The Morgan fingerprint density at radius 2 is 2.14 bits per heavy atom. The average Bonchev–Trinajstić information content (AvgIpc) is 2.50. The van der Waals surface area contributed by atoms with Gasteiger partial charge < -0.3 is 5.32 Å². The van der Waals surface area contributed by atoms with Crippen LogP contribution in [0.1, 0.15) is 37.1 Å². The number of rotatable bonds is 3. The lowest BCUT2D eigenvalue weighted by Gasteiger charge is -2.25. The van der Waals surface area contributed by atoms with Crippen molar-refractivity contribution in [1.29, 1.82) is 0 Å². The number of hydrogen-bond acceptors (Lipinski definition) is 3. The first kappa shape index (κ1) is 14.1. The van der Waals surface area contributed by atoms with Crippen LogP contribution in [-0.4, -0.2) is 16.5 Å². The lowest BCUT2D eigenvalue weighted by molar-refractivity contribution is 0.464. The maximum Gasteiger partial charge on any atom is 0.159 e. The third kappa shape index (κ3) is 2.78. The second-order valence-electron chi connectivity index (χ2n) is 5.23. The van der Waals surface area contributed by atoms with Crippen molar-refractivity contribution in [2.75, 3.05) is 6.54 Å². The Labute approximate surface area is 122 Å². The Morgan fingerprint density at radius 1 is 1.29 bits per heavy atom. The van der Waals surface area contributed by atoms with Crippen LogP contribution in [0.2, 0.25) is 0 Å². The molecule has 3 rings (SSSR count). The van der Waals surface area contributed by atoms with Crippen LogP contribution in [-0.2, 0) is 6.42 Å². The number of nitrogens with zero attached hydrogens (tertiary/aromatic N) is 2. The van der Waals surface area contributed by atoms with Crippen molar-refractivity contribution in [3.8, 4) is 11.4 Å². The minimum Gasteiger partial charge on any atom is -0.310 e. The summed E-state index contributed by atoms with van der Waals surface area (Å²) >= 11 is 0. The van der Waals surface area contributed by atoms with Gasteiger partial charge in [0.25, 0.3) is 0 Å². The molecule has 21 heavy (non-hydrogen) atoms. The zero-order valence-electron chi connectivity index (χ0n) is 11.9. The van der Waals surface area contributed by atoms with E-state index in [1.165, 1.54) is 6.07 Å². The topological polar surface area (TPSA) is 37.8 Å². The molecule has 1 atom stereocenters. The summed E-state index contributed by atoms with van der Waals surface area (Å²) in [5, 5.41) is 3.43. The monoisotopic (exact) mass is 289 g/mol. The van der Waals surface area contributed by atoms with Gasteiger partial charge in [-0.15, -0.1) is 0 Å². The van der Waals surface area contributed by atoms with Crippen molar-refractivity contribution in [3.05, 3.63) is 47.3 Å². The molecule has 0 saturated carbocycles. The predicted octanol–water partition coefficient (Wildman–Crippen LogP) is 3.41. The minimum absolute atomic E-state index is 0.290. The van der Waals surface area contributed by atoms with Gasteiger partial charge in [0.15, 0.2) is 17.5 Å². The van der Waals surface area contributed by atoms with Crippen molar-refractivity contribution in [2.45, 2.75) is 32.2 Å². The van der Waals surface area contributed by atoms with Crippen LogP contribution >= 0.6 is 0 Å². The normalized spacial score (nSPS) is 17.6. The lowest BCUT2D eigenvalue weighted by Crippen LogP contribution is -2.25. The molecule has 2 aromatic rings. The molecular weight excluding hydrogens is 272 g/mol. The summed E-state index contributed by atoms with van der Waals surface area (Å²) in [6.45, 7) is 2.97. The molecule has 1 aromatic heterocycles. The predicted molar refractivity (Wildman–Crippen MR) is 76.7 cm³/mol. The molecule has 0 radical (unpaired) electrons. The molecule has 1 heterocycles. The summed E-state index contributed by atoms with van der Waals surface area (Å²) in [6, 6.07) is 4.04. The number of benzene rings is 1. The van der Waals surface area contributed by atoms with E-state index in [-0.39, 0.29) is 6.04 Å². The first-order chi connectivity index (χ1) is 10.2. The first-order valence-corrected chi connectivity index (χ1v) is 7.23. The van der Waals surface area contributed by atoms with Crippen LogP contribution in [0, 0.1) is 11.6 Å². The number of aryl methyl sites for hydroxylation is 1. The molecule has 3 nitrogen and oxygen atoms in total. The first-order valence-electron chi connectivity index (χ1n) is 7.23. The molecular formula is C16H17F2N3. The maximum atomic E-state index is 13.3. The second kappa shape index (κ2) is 5.85. The Hall–Kier alpha value is -1.88. The van der Waals surface area contributed by atoms with Gasteiger partial charge in [0.1, 0.15) is 0 Å². The zero-order valence-corrected chi connectivity index (χ0v) is 11.9. The van der Waals surface area contributed by atoms with Crippen LogP contribution < -0.4 is 5.32 Å². The summed E-state index contributed by atoms with van der Waals surface area (Å²) < 4.78 is 26.3. The number of hydrogen-bond donors (Lipinski definition) is 1. The minimum atomic E-state index is -0.876. The molecule has 110 valence electrons. The highest BCUT2D eigenvalue weighted by molar-refractivity contribution is 5.55. The molecule has 0 saturated heterocycles. The van der Waals surface area contributed by atoms with E-state index in [2.05, 4.69) is 22.2 Å². The molecule has 0 bridgehead atoms. The van der Waals surface area contributed by atoms with Crippen molar-refractivity contribution < 1.29 is 8.78 Å². The van der Waals surface area contributed by atoms with Gasteiger partial charge in [0.05, 0.1) is 0 Å². The lowest BCUT2D eigenvalue weighted by atomic mass is 9.92. The van der Waals surface area contributed by atoms with E-state index < -0.39 is 11.6 Å². The van der Waals surface area contributed by atoms with E-state index in [1.807, 2.05) is 6.20 Å². The van der Waals surface area contributed by atoms with Crippen LogP contribution in [0.5, 0.6) is 0 Å². The van der Waals surface area contributed by atoms with Crippen molar-refractivity contribution >= 4 is 0 Å². The number of halogens is 2. The van der Waals surface area contributed by atoms with Gasteiger partial charge in [-0.3, -0.25) is 0 Å². The van der Waals surface area contributed by atoms with E-state index in [9.17, 15) is 8.78 Å². The molecule has 0 amide bonds. The molecule has 0 spiro atoms. The van der Waals surface area contributed by atoms with Gasteiger partial charge >= 0.3 is 0 Å². The maximum absolute atomic E-state index is 13.3. The number of aromatic nitrogens is 2. The Bertz CT molecular complexity index is 658. The molecule has 0 aliphatic heterocycles. The van der Waals surface area contributed by atoms with Crippen LogP contribution in [0.15, 0.2) is 24.4 Å². The molecule has 1 aliphatic carbocycles.